The topological polar surface area (TPSA) is 59.0 Å². The van der Waals surface area contributed by atoms with E-state index in [-0.39, 0.29) is 5.92 Å². The second-order valence-electron chi connectivity index (χ2n) is 5.65. The molecule has 1 aliphatic carbocycles. The van der Waals surface area contributed by atoms with Crippen molar-refractivity contribution in [1.29, 1.82) is 5.26 Å². The van der Waals surface area contributed by atoms with Gasteiger partial charge >= 0.3 is 0 Å². The van der Waals surface area contributed by atoms with E-state index in [1.54, 1.807) is 0 Å². The quantitative estimate of drug-likeness (QED) is 0.902. The average molecular weight is 258 g/mol. The first-order chi connectivity index (χ1) is 9.05. The fraction of sp³-hybridized carbons (Fsp3) is 0.562. The molecule has 0 bridgehead atoms. The Hall–Kier alpha value is -1.53. The van der Waals surface area contributed by atoms with Gasteiger partial charge in [-0.3, -0.25) is 0 Å². The van der Waals surface area contributed by atoms with Crippen molar-refractivity contribution in [3.05, 3.63) is 29.3 Å². The van der Waals surface area contributed by atoms with E-state index in [1.807, 2.05) is 6.92 Å². The van der Waals surface area contributed by atoms with Crippen LogP contribution in [-0.4, -0.2) is 12.1 Å². The number of aryl methyl sites for hydroxylation is 2. The molecule has 3 nitrogen and oxygen atoms in total. The van der Waals surface area contributed by atoms with E-state index < -0.39 is 5.54 Å². The highest BCUT2D eigenvalue weighted by molar-refractivity contribution is 5.35. The van der Waals surface area contributed by atoms with Crippen LogP contribution in [0.3, 0.4) is 0 Å². The number of hydrogen-bond acceptors (Lipinski definition) is 3. The van der Waals surface area contributed by atoms with Gasteiger partial charge in [0.25, 0.3) is 0 Å². The Morgan fingerprint density at radius 1 is 1.47 bits per heavy atom. The summed E-state index contributed by atoms with van der Waals surface area (Å²) in [5, 5.41) is 9.18. The molecule has 0 amide bonds. The summed E-state index contributed by atoms with van der Waals surface area (Å²) >= 11 is 0. The fourth-order valence-corrected chi connectivity index (χ4v) is 2.83. The van der Waals surface area contributed by atoms with Crippen LogP contribution in [0, 0.1) is 31.1 Å². The van der Waals surface area contributed by atoms with E-state index in [0.717, 1.165) is 37.0 Å². The first kappa shape index (κ1) is 13.9. The number of rotatable bonds is 4. The van der Waals surface area contributed by atoms with Gasteiger partial charge < -0.3 is 10.5 Å². The third-order valence-electron chi connectivity index (χ3n) is 4.15. The van der Waals surface area contributed by atoms with Crippen molar-refractivity contribution in [2.45, 2.75) is 45.1 Å². The number of benzene rings is 1. The first-order valence-electron chi connectivity index (χ1n) is 6.95. The minimum atomic E-state index is -0.634. The Bertz CT molecular complexity index is 492. The largest absolute Gasteiger partial charge is 0.493 e. The molecule has 0 heterocycles. The van der Waals surface area contributed by atoms with Crippen LogP contribution in [0.2, 0.25) is 0 Å². The monoisotopic (exact) mass is 258 g/mol. The Kier molecular flexibility index (Phi) is 4.11. The van der Waals surface area contributed by atoms with Crippen molar-refractivity contribution in [2.75, 3.05) is 6.61 Å². The molecule has 2 rings (SSSR count). The minimum absolute atomic E-state index is 0.266. The van der Waals surface area contributed by atoms with E-state index in [2.05, 4.69) is 31.2 Å². The molecular formula is C16H22N2O. The van der Waals surface area contributed by atoms with Crippen LogP contribution >= 0.6 is 0 Å². The van der Waals surface area contributed by atoms with Crippen LogP contribution < -0.4 is 10.5 Å². The second kappa shape index (κ2) is 5.63. The lowest BCUT2D eigenvalue weighted by atomic mass is 9.87. The summed E-state index contributed by atoms with van der Waals surface area (Å²) in [5.41, 5.74) is 7.84. The van der Waals surface area contributed by atoms with Gasteiger partial charge in [-0.1, -0.05) is 18.6 Å². The van der Waals surface area contributed by atoms with E-state index >= 15 is 0 Å². The van der Waals surface area contributed by atoms with Crippen LogP contribution in [0.5, 0.6) is 5.75 Å². The van der Waals surface area contributed by atoms with E-state index in [1.165, 1.54) is 5.56 Å². The molecule has 0 aliphatic heterocycles. The van der Waals surface area contributed by atoms with Gasteiger partial charge in [0.05, 0.1) is 12.7 Å². The van der Waals surface area contributed by atoms with Crippen LogP contribution in [0.4, 0.5) is 0 Å². The maximum atomic E-state index is 9.18. The summed E-state index contributed by atoms with van der Waals surface area (Å²) in [6.07, 6.45) is 3.77. The maximum absolute atomic E-state index is 9.18. The highest BCUT2D eigenvalue weighted by Crippen LogP contribution is 2.35. The normalized spacial score (nSPS) is 26.1. The van der Waals surface area contributed by atoms with Crippen LogP contribution in [0.25, 0.3) is 0 Å². The Morgan fingerprint density at radius 3 is 3.00 bits per heavy atom. The molecule has 0 spiro atoms. The van der Waals surface area contributed by atoms with Crippen molar-refractivity contribution >= 4 is 0 Å². The van der Waals surface area contributed by atoms with Gasteiger partial charge in [-0.15, -0.1) is 0 Å². The summed E-state index contributed by atoms with van der Waals surface area (Å²) < 4.78 is 5.85. The third kappa shape index (κ3) is 3.08. The molecule has 2 N–H and O–H groups in total. The molecule has 0 aromatic heterocycles. The Balaban J connectivity index is 1.90. The van der Waals surface area contributed by atoms with Gasteiger partial charge in [0.2, 0.25) is 0 Å². The van der Waals surface area contributed by atoms with Gasteiger partial charge in [-0.2, -0.15) is 5.26 Å². The molecule has 2 atom stereocenters. The van der Waals surface area contributed by atoms with Gasteiger partial charge in [0.15, 0.2) is 0 Å². The number of ether oxygens (including phenoxy) is 1. The standard InChI is InChI=1S/C16H22N2O/c1-12-5-6-13(2)15(10-12)19-9-7-14-4-3-8-16(14,18)11-17/h5-6,10,14H,3-4,7-9,18H2,1-2H3. The molecule has 1 saturated carbocycles. The molecule has 2 unspecified atom stereocenters. The molecule has 1 fully saturated rings. The van der Waals surface area contributed by atoms with Gasteiger partial charge in [0.1, 0.15) is 11.3 Å². The summed E-state index contributed by atoms with van der Waals surface area (Å²) in [6.45, 7) is 4.74. The first-order valence-corrected chi connectivity index (χ1v) is 6.95. The second-order valence-corrected chi connectivity index (χ2v) is 5.65. The minimum Gasteiger partial charge on any atom is -0.493 e. The van der Waals surface area contributed by atoms with Crippen LogP contribution in [0.15, 0.2) is 18.2 Å². The zero-order valence-corrected chi connectivity index (χ0v) is 11.8. The van der Waals surface area contributed by atoms with Gasteiger partial charge in [-0.25, -0.2) is 0 Å². The van der Waals surface area contributed by atoms with Crippen LogP contribution in [-0.2, 0) is 0 Å². The lowest BCUT2D eigenvalue weighted by molar-refractivity contribution is 0.253. The molecule has 0 radical (unpaired) electrons. The Labute approximate surface area is 115 Å². The lowest BCUT2D eigenvalue weighted by Crippen LogP contribution is -2.42. The van der Waals surface area contributed by atoms with Crippen LogP contribution in [0.1, 0.15) is 36.8 Å². The van der Waals surface area contributed by atoms with E-state index in [0.29, 0.717) is 6.61 Å². The fourth-order valence-electron chi connectivity index (χ4n) is 2.83. The number of nitrogens with two attached hydrogens (primary N) is 1. The SMILES string of the molecule is Cc1ccc(C)c(OCCC2CCCC2(N)C#N)c1. The summed E-state index contributed by atoms with van der Waals surface area (Å²) in [5.74, 6) is 1.21. The van der Waals surface area contributed by atoms with Gasteiger partial charge in [-0.05, 0) is 56.2 Å². The molecule has 19 heavy (non-hydrogen) atoms. The highest BCUT2D eigenvalue weighted by Gasteiger charge is 2.39. The number of nitriles is 1. The number of hydrogen-bond donors (Lipinski definition) is 1. The molecule has 0 saturated heterocycles. The number of nitrogens with zero attached hydrogens (tertiary/aromatic N) is 1. The summed E-state index contributed by atoms with van der Waals surface area (Å²) in [7, 11) is 0. The maximum Gasteiger partial charge on any atom is 0.122 e. The zero-order valence-electron chi connectivity index (χ0n) is 11.8. The van der Waals surface area contributed by atoms with Crippen molar-refractivity contribution in [3.63, 3.8) is 0 Å². The highest BCUT2D eigenvalue weighted by atomic mass is 16.5. The van der Waals surface area contributed by atoms with Crippen molar-refractivity contribution in [2.24, 2.45) is 11.7 Å². The molecule has 1 aliphatic rings. The van der Waals surface area contributed by atoms with Crippen molar-refractivity contribution < 1.29 is 4.74 Å². The molecular weight excluding hydrogens is 236 g/mol. The van der Waals surface area contributed by atoms with E-state index in [4.69, 9.17) is 10.5 Å². The lowest BCUT2D eigenvalue weighted by Gasteiger charge is -2.23. The predicted octanol–water partition coefficient (Wildman–Crippen LogP) is 3.09. The molecule has 1 aromatic rings. The van der Waals surface area contributed by atoms with Gasteiger partial charge in [0, 0.05) is 0 Å². The average Bonchev–Trinajstić information content (AvgIpc) is 2.76. The predicted molar refractivity (Wildman–Crippen MR) is 75.9 cm³/mol. The van der Waals surface area contributed by atoms with Crippen molar-refractivity contribution in [3.8, 4) is 11.8 Å². The third-order valence-corrected chi connectivity index (χ3v) is 4.15. The van der Waals surface area contributed by atoms with Crippen molar-refractivity contribution in [1.82, 2.24) is 0 Å². The smallest absolute Gasteiger partial charge is 0.122 e. The summed E-state index contributed by atoms with van der Waals surface area (Å²) in [4.78, 5) is 0. The molecule has 1 aromatic carbocycles. The zero-order chi connectivity index (χ0) is 13.9. The van der Waals surface area contributed by atoms with E-state index in [9.17, 15) is 5.26 Å². The molecule has 3 heteroatoms. The molecule has 102 valence electrons. The Morgan fingerprint density at radius 2 is 2.26 bits per heavy atom. The summed E-state index contributed by atoms with van der Waals surface area (Å²) in [6, 6.07) is 8.50.